The maximum atomic E-state index is 4.38. The lowest BCUT2D eigenvalue weighted by Crippen LogP contribution is -2.18. The highest BCUT2D eigenvalue weighted by atomic mass is 15.1. The first-order valence-electron chi connectivity index (χ1n) is 5.99. The van der Waals surface area contributed by atoms with Crippen LogP contribution in [0.4, 0.5) is 0 Å². The lowest BCUT2D eigenvalue weighted by molar-refractivity contribution is 0.707. The molecule has 0 fully saturated rings. The number of amidine groups is 2. The first-order valence-corrected chi connectivity index (χ1v) is 5.99. The number of hydrogen-bond donors (Lipinski definition) is 2. The Labute approximate surface area is 91.3 Å². The van der Waals surface area contributed by atoms with Crippen molar-refractivity contribution >= 4 is 11.7 Å². The molecule has 15 heavy (non-hydrogen) atoms. The van der Waals surface area contributed by atoms with Crippen LogP contribution in [-0.2, 0) is 0 Å². The molecule has 0 radical (unpaired) electrons. The van der Waals surface area contributed by atoms with Crippen molar-refractivity contribution in [2.24, 2.45) is 9.98 Å². The zero-order valence-electron chi connectivity index (χ0n) is 9.26. The molecular formula is C11H20N4. The molecule has 0 aromatic heterocycles. The smallest absolute Gasteiger partial charge is 0.0964 e. The Kier molecular flexibility index (Phi) is 4.00. The van der Waals surface area contributed by atoms with E-state index in [1.54, 1.807) is 0 Å². The lowest BCUT2D eigenvalue weighted by Gasteiger charge is -2.03. The standard InChI is InChI=1S/C11H20N4/c1(2-4-10-12-6-7-13-10)3-5-11-14-8-9-15-11/h1-9H2,(H,12,13)(H,14,15). The topological polar surface area (TPSA) is 48.8 Å². The first-order chi connectivity index (χ1) is 7.45. The molecule has 0 atom stereocenters. The predicted molar refractivity (Wildman–Crippen MR) is 63.7 cm³/mol. The van der Waals surface area contributed by atoms with Crippen LogP contribution in [0, 0.1) is 0 Å². The van der Waals surface area contributed by atoms with Gasteiger partial charge in [0.15, 0.2) is 0 Å². The highest BCUT2D eigenvalue weighted by Crippen LogP contribution is 2.06. The molecule has 0 amide bonds. The van der Waals surface area contributed by atoms with Crippen molar-refractivity contribution in [2.45, 2.75) is 32.1 Å². The average Bonchev–Trinajstić information content (AvgIpc) is 2.88. The molecule has 2 N–H and O–H groups in total. The molecule has 0 spiro atoms. The van der Waals surface area contributed by atoms with Crippen molar-refractivity contribution in [1.82, 2.24) is 10.6 Å². The van der Waals surface area contributed by atoms with Gasteiger partial charge in [0, 0.05) is 25.9 Å². The Balaban J connectivity index is 1.48. The first kappa shape index (κ1) is 10.5. The molecule has 0 aromatic rings. The van der Waals surface area contributed by atoms with E-state index in [1.165, 1.54) is 30.9 Å². The summed E-state index contributed by atoms with van der Waals surface area (Å²) < 4.78 is 0. The maximum absolute atomic E-state index is 4.38. The van der Waals surface area contributed by atoms with Crippen LogP contribution in [0.3, 0.4) is 0 Å². The van der Waals surface area contributed by atoms with Gasteiger partial charge in [-0.05, 0) is 12.8 Å². The summed E-state index contributed by atoms with van der Waals surface area (Å²) in [7, 11) is 0. The number of aliphatic imine (C=N–C) groups is 2. The Hall–Kier alpha value is -1.06. The third kappa shape index (κ3) is 3.53. The van der Waals surface area contributed by atoms with Gasteiger partial charge in [-0.2, -0.15) is 0 Å². The highest BCUT2D eigenvalue weighted by Gasteiger charge is 2.05. The van der Waals surface area contributed by atoms with Crippen LogP contribution in [0.5, 0.6) is 0 Å². The van der Waals surface area contributed by atoms with E-state index in [9.17, 15) is 0 Å². The SMILES string of the molecule is C(CCC1=NCCN1)CCC1=NCCN1. The van der Waals surface area contributed by atoms with Gasteiger partial charge in [0.1, 0.15) is 0 Å². The molecule has 0 saturated carbocycles. The van der Waals surface area contributed by atoms with Crippen molar-refractivity contribution in [3.63, 3.8) is 0 Å². The van der Waals surface area contributed by atoms with E-state index in [0.29, 0.717) is 0 Å². The van der Waals surface area contributed by atoms with E-state index in [1.807, 2.05) is 0 Å². The van der Waals surface area contributed by atoms with Crippen LogP contribution in [-0.4, -0.2) is 37.9 Å². The molecule has 0 bridgehead atoms. The van der Waals surface area contributed by atoms with Crippen LogP contribution in [0.25, 0.3) is 0 Å². The van der Waals surface area contributed by atoms with Crippen molar-refractivity contribution in [2.75, 3.05) is 26.2 Å². The Morgan fingerprint density at radius 1 is 0.800 bits per heavy atom. The molecule has 2 aliphatic rings. The van der Waals surface area contributed by atoms with Crippen LogP contribution in [0.2, 0.25) is 0 Å². The van der Waals surface area contributed by atoms with E-state index in [4.69, 9.17) is 0 Å². The van der Waals surface area contributed by atoms with Gasteiger partial charge < -0.3 is 10.6 Å². The van der Waals surface area contributed by atoms with Gasteiger partial charge in [0.05, 0.1) is 24.8 Å². The lowest BCUT2D eigenvalue weighted by atomic mass is 10.1. The molecule has 0 aromatic carbocycles. The summed E-state index contributed by atoms with van der Waals surface area (Å²) in [6, 6.07) is 0. The molecule has 2 aliphatic heterocycles. The maximum Gasteiger partial charge on any atom is 0.0964 e. The number of nitrogens with one attached hydrogen (secondary N) is 2. The van der Waals surface area contributed by atoms with E-state index >= 15 is 0 Å². The van der Waals surface area contributed by atoms with Gasteiger partial charge in [0.2, 0.25) is 0 Å². The molecule has 0 unspecified atom stereocenters. The van der Waals surface area contributed by atoms with Gasteiger partial charge in [0.25, 0.3) is 0 Å². The number of hydrogen-bond acceptors (Lipinski definition) is 4. The van der Waals surface area contributed by atoms with Crippen LogP contribution >= 0.6 is 0 Å². The second kappa shape index (κ2) is 5.73. The second-order valence-electron chi connectivity index (χ2n) is 4.07. The Morgan fingerprint density at radius 3 is 1.73 bits per heavy atom. The van der Waals surface area contributed by atoms with Crippen LogP contribution < -0.4 is 10.6 Å². The summed E-state index contributed by atoms with van der Waals surface area (Å²) in [5, 5.41) is 6.61. The largest absolute Gasteiger partial charge is 0.372 e. The summed E-state index contributed by atoms with van der Waals surface area (Å²) in [5.74, 6) is 2.43. The van der Waals surface area contributed by atoms with Crippen molar-refractivity contribution in [1.29, 1.82) is 0 Å². The van der Waals surface area contributed by atoms with Gasteiger partial charge >= 0.3 is 0 Å². The zero-order chi connectivity index (χ0) is 10.3. The van der Waals surface area contributed by atoms with Crippen molar-refractivity contribution < 1.29 is 0 Å². The molecule has 2 rings (SSSR count). The van der Waals surface area contributed by atoms with E-state index in [2.05, 4.69) is 20.6 Å². The monoisotopic (exact) mass is 208 g/mol. The molecule has 2 heterocycles. The minimum atomic E-state index is 0.968. The van der Waals surface area contributed by atoms with Crippen molar-refractivity contribution in [3.05, 3.63) is 0 Å². The summed E-state index contributed by atoms with van der Waals surface area (Å²) in [4.78, 5) is 8.76. The summed E-state index contributed by atoms with van der Waals surface area (Å²) in [6.07, 6.45) is 6.03. The quantitative estimate of drug-likeness (QED) is 0.638. The summed E-state index contributed by atoms with van der Waals surface area (Å²) in [5.41, 5.74) is 0. The van der Waals surface area contributed by atoms with Gasteiger partial charge in [-0.3, -0.25) is 9.98 Å². The number of nitrogens with zero attached hydrogens (tertiary/aromatic N) is 2. The third-order valence-electron chi connectivity index (χ3n) is 2.81. The average molecular weight is 208 g/mol. The molecular weight excluding hydrogens is 188 g/mol. The molecule has 0 aliphatic carbocycles. The van der Waals surface area contributed by atoms with Crippen LogP contribution in [0.1, 0.15) is 32.1 Å². The van der Waals surface area contributed by atoms with E-state index < -0.39 is 0 Å². The molecule has 84 valence electrons. The van der Waals surface area contributed by atoms with E-state index in [-0.39, 0.29) is 0 Å². The van der Waals surface area contributed by atoms with Crippen molar-refractivity contribution in [3.8, 4) is 0 Å². The van der Waals surface area contributed by atoms with Gasteiger partial charge in [-0.1, -0.05) is 6.42 Å². The summed E-state index contributed by atoms with van der Waals surface area (Å²) in [6.45, 7) is 4.01. The van der Waals surface area contributed by atoms with Gasteiger partial charge in [-0.15, -0.1) is 0 Å². The van der Waals surface area contributed by atoms with Gasteiger partial charge in [-0.25, -0.2) is 0 Å². The zero-order valence-corrected chi connectivity index (χ0v) is 9.26. The molecule has 0 saturated heterocycles. The predicted octanol–water partition coefficient (Wildman–Crippen LogP) is 0.940. The third-order valence-corrected chi connectivity index (χ3v) is 2.81. The second-order valence-corrected chi connectivity index (χ2v) is 4.07. The Morgan fingerprint density at radius 2 is 1.33 bits per heavy atom. The fourth-order valence-electron chi connectivity index (χ4n) is 1.99. The summed E-state index contributed by atoms with van der Waals surface area (Å²) >= 11 is 0. The van der Waals surface area contributed by atoms with Crippen LogP contribution in [0.15, 0.2) is 9.98 Å². The minimum Gasteiger partial charge on any atom is -0.372 e. The Bertz CT molecular complexity index is 231. The van der Waals surface area contributed by atoms with E-state index in [0.717, 1.165) is 39.0 Å². The fraction of sp³-hybridized carbons (Fsp3) is 0.818. The molecule has 4 nitrogen and oxygen atoms in total. The fourth-order valence-corrected chi connectivity index (χ4v) is 1.99. The molecule has 4 heteroatoms. The number of rotatable bonds is 6. The normalized spacial score (nSPS) is 19.5. The highest BCUT2D eigenvalue weighted by molar-refractivity contribution is 5.84. The number of unbranched alkanes of at least 4 members (excludes halogenated alkanes) is 2. The minimum absolute atomic E-state index is 0.968.